The second-order valence-corrected chi connectivity index (χ2v) is 7.34. The molecule has 8 heteroatoms. The van der Waals surface area contributed by atoms with Gasteiger partial charge in [-0.3, -0.25) is 14.5 Å². The average molecular weight is 474 g/mol. The van der Waals surface area contributed by atoms with E-state index < -0.39 is 5.97 Å². The van der Waals surface area contributed by atoms with Crippen molar-refractivity contribution in [2.45, 2.75) is 6.42 Å². The normalized spacial score (nSPS) is 13.0. The van der Waals surface area contributed by atoms with Gasteiger partial charge in [-0.15, -0.1) is 0 Å². The van der Waals surface area contributed by atoms with Gasteiger partial charge in [0.25, 0.3) is 11.8 Å². The van der Waals surface area contributed by atoms with E-state index in [4.69, 9.17) is 14.2 Å². The average Bonchev–Trinajstić information content (AvgIpc) is 2.98. The topological polar surface area (TPSA) is 82.1 Å². The van der Waals surface area contributed by atoms with Crippen LogP contribution in [0.2, 0.25) is 0 Å². The number of nitrogens with zero attached hydrogens (tertiary/aromatic N) is 1. The molecule has 2 amide bonds. The summed E-state index contributed by atoms with van der Waals surface area (Å²) in [6.45, 7) is 0.267. The van der Waals surface area contributed by atoms with E-state index in [-0.39, 0.29) is 25.0 Å². The van der Waals surface area contributed by atoms with E-state index in [1.807, 2.05) is 0 Å². The van der Waals surface area contributed by atoms with E-state index in [1.165, 1.54) is 18.1 Å². The Hall–Kier alpha value is -3.13. The van der Waals surface area contributed by atoms with Gasteiger partial charge in [0.05, 0.1) is 32.0 Å². The molecule has 1 aliphatic rings. The number of carbonyl (C=O) groups excluding carboxylic acids is 3. The lowest BCUT2D eigenvalue weighted by Gasteiger charge is -2.13. The molecule has 0 aliphatic carbocycles. The Morgan fingerprint density at radius 1 is 1.00 bits per heavy atom. The maximum atomic E-state index is 12.4. The molecule has 30 heavy (non-hydrogen) atoms. The zero-order valence-corrected chi connectivity index (χ0v) is 18.1. The van der Waals surface area contributed by atoms with E-state index >= 15 is 0 Å². The van der Waals surface area contributed by atoms with E-state index in [0.717, 1.165) is 10.0 Å². The van der Waals surface area contributed by atoms with E-state index in [1.54, 1.807) is 49.6 Å². The van der Waals surface area contributed by atoms with Crippen LogP contribution in [0.3, 0.4) is 0 Å². The molecule has 0 radical (unpaired) electrons. The van der Waals surface area contributed by atoms with Gasteiger partial charge in [-0.2, -0.15) is 0 Å². The van der Waals surface area contributed by atoms with Crippen molar-refractivity contribution >= 4 is 39.8 Å². The minimum Gasteiger partial charge on any atom is -0.493 e. The molecule has 0 bridgehead atoms. The number of imide groups is 1. The second-order valence-electron chi connectivity index (χ2n) is 6.42. The van der Waals surface area contributed by atoms with Crippen molar-refractivity contribution in [3.05, 3.63) is 63.6 Å². The molecule has 0 spiro atoms. The summed E-state index contributed by atoms with van der Waals surface area (Å²) in [4.78, 5) is 37.8. The lowest BCUT2D eigenvalue weighted by Crippen LogP contribution is -2.31. The number of methoxy groups -OCH3 is 2. The quantitative estimate of drug-likeness (QED) is 0.251. The first kappa shape index (κ1) is 21.6. The van der Waals surface area contributed by atoms with Gasteiger partial charge in [-0.1, -0.05) is 22.0 Å². The molecule has 2 aromatic rings. The van der Waals surface area contributed by atoms with Crippen LogP contribution >= 0.6 is 15.9 Å². The van der Waals surface area contributed by atoms with E-state index in [2.05, 4.69) is 15.9 Å². The summed E-state index contributed by atoms with van der Waals surface area (Å²) >= 11 is 3.30. The molecule has 156 valence electrons. The molecule has 0 N–H and O–H groups in total. The van der Waals surface area contributed by atoms with Crippen molar-refractivity contribution in [1.29, 1.82) is 0 Å². The predicted molar refractivity (Wildman–Crippen MR) is 114 cm³/mol. The molecule has 0 saturated carbocycles. The number of ether oxygens (including phenoxy) is 3. The minimum absolute atomic E-state index is 0.0895. The summed E-state index contributed by atoms with van der Waals surface area (Å²) < 4.78 is 16.3. The highest BCUT2D eigenvalue weighted by molar-refractivity contribution is 9.10. The number of halogens is 1. The lowest BCUT2D eigenvalue weighted by molar-refractivity contribution is -0.137. The van der Waals surface area contributed by atoms with Gasteiger partial charge in [0.2, 0.25) is 0 Å². The highest BCUT2D eigenvalue weighted by Gasteiger charge is 2.35. The third kappa shape index (κ3) is 4.71. The summed E-state index contributed by atoms with van der Waals surface area (Å²) in [5.74, 6) is -0.0343. The fraction of sp³-hybridized carbons (Fsp3) is 0.227. The third-order valence-corrected chi connectivity index (χ3v) is 5.02. The molecule has 2 aromatic carbocycles. The van der Waals surface area contributed by atoms with Crippen molar-refractivity contribution in [1.82, 2.24) is 4.90 Å². The molecular formula is C22H20BrNO6. The standard InChI is InChI=1S/C22H20BrNO6/c1-28-18-8-4-14(12-19(18)29-2)5-9-20(25)30-11-3-10-24-21(26)16-7-6-15(23)13-17(16)22(24)27/h4-9,12-13H,3,10-11H2,1-2H3/b9-5+. The van der Waals surface area contributed by atoms with E-state index in [0.29, 0.717) is 29.0 Å². The van der Waals surface area contributed by atoms with Crippen LogP contribution in [0.5, 0.6) is 11.5 Å². The molecule has 1 aliphatic heterocycles. The first-order valence-electron chi connectivity index (χ1n) is 9.17. The molecule has 3 rings (SSSR count). The molecule has 0 atom stereocenters. The molecule has 0 fully saturated rings. The Labute approximate surface area is 182 Å². The second kappa shape index (κ2) is 9.58. The Morgan fingerprint density at radius 2 is 1.73 bits per heavy atom. The molecule has 1 heterocycles. The van der Waals surface area contributed by atoms with E-state index in [9.17, 15) is 14.4 Å². The van der Waals surface area contributed by atoms with Crippen molar-refractivity contribution in [3.8, 4) is 11.5 Å². The highest BCUT2D eigenvalue weighted by Crippen LogP contribution is 2.28. The smallest absolute Gasteiger partial charge is 0.330 e. The summed E-state index contributed by atoms with van der Waals surface area (Å²) in [5.41, 5.74) is 1.52. The SMILES string of the molecule is COc1ccc(/C=C/C(=O)OCCCN2C(=O)c3ccc(Br)cc3C2=O)cc1OC. The van der Waals surface area contributed by atoms with Crippen molar-refractivity contribution in [3.63, 3.8) is 0 Å². The maximum absolute atomic E-state index is 12.4. The molecular weight excluding hydrogens is 454 g/mol. The number of benzene rings is 2. The maximum Gasteiger partial charge on any atom is 0.330 e. The van der Waals surface area contributed by atoms with Gasteiger partial charge in [0.15, 0.2) is 11.5 Å². The Balaban J connectivity index is 1.48. The summed E-state index contributed by atoms with van der Waals surface area (Å²) in [7, 11) is 3.08. The molecule has 7 nitrogen and oxygen atoms in total. The van der Waals surface area contributed by atoms with Gasteiger partial charge in [0, 0.05) is 17.1 Å². The number of amides is 2. The van der Waals surface area contributed by atoms with Crippen LogP contribution in [0.25, 0.3) is 6.08 Å². The zero-order chi connectivity index (χ0) is 21.7. The summed E-state index contributed by atoms with van der Waals surface area (Å²) in [6, 6.07) is 10.2. The van der Waals surface area contributed by atoms with Crippen molar-refractivity contribution in [2.75, 3.05) is 27.4 Å². The summed E-state index contributed by atoms with van der Waals surface area (Å²) in [5, 5.41) is 0. The van der Waals surface area contributed by atoms with Crippen molar-refractivity contribution < 1.29 is 28.6 Å². The first-order valence-corrected chi connectivity index (χ1v) is 9.96. The lowest BCUT2D eigenvalue weighted by atomic mass is 10.1. The van der Waals surface area contributed by atoms with Crippen LogP contribution < -0.4 is 9.47 Å². The third-order valence-electron chi connectivity index (χ3n) is 4.52. The van der Waals surface area contributed by atoms with Crippen LogP contribution in [0.1, 0.15) is 32.7 Å². The predicted octanol–water partition coefficient (Wildman–Crippen LogP) is 3.71. The van der Waals surface area contributed by atoms with Crippen LogP contribution in [-0.4, -0.2) is 50.1 Å². The highest BCUT2D eigenvalue weighted by atomic mass is 79.9. The number of hydrogen-bond donors (Lipinski definition) is 0. The minimum atomic E-state index is -0.518. The number of fused-ring (bicyclic) bond motifs is 1. The number of hydrogen-bond acceptors (Lipinski definition) is 6. The van der Waals surface area contributed by atoms with Crippen LogP contribution in [-0.2, 0) is 9.53 Å². The zero-order valence-electron chi connectivity index (χ0n) is 16.5. The van der Waals surface area contributed by atoms with Gasteiger partial charge < -0.3 is 14.2 Å². The molecule has 0 unspecified atom stereocenters. The first-order chi connectivity index (χ1) is 14.4. The fourth-order valence-corrected chi connectivity index (χ4v) is 3.39. The van der Waals surface area contributed by atoms with Gasteiger partial charge in [-0.25, -0.2) is 4.79 Å². The Bertz CT molecular complexity index is 1020. The van der Waals surface area contributed by atoms with Gasteiger partial charge in [0.1, 0.15) is 0 Å². The number of esters is 1. The van der Waals surface area contributed by atoms with Crippen LogP contribution in [0.4, 0.5) is 0 Å². The Kier molecular flexibility index (Phi) is 6.89. The Morgan fingerprint density at radius 3 is 2.47 bits per heavy atom. The van der Waals surface area contributed by atoms with Gasteiger partial charge >= 0.3 is 5.97 Å². The van der Waals surface area contributed by atoms with Crippen LogP contribution in [0.15, 0.2) is 46.9 Å². The van der Waals surface area contributed by atoms with Gasteiger partial charge in [-0.05, 0) is 48.4 Å². The monoisotopic (exact) mass is 473 g/mol. The largest absolute Gasteiger partial charge is 0.493 e. The van der Waals surface area contributed by atoms with Crippen LogP contribution in [0, 0.1) is 0 Å². The number of carbonyl (C=O) groups is 3. The molecule has 0 aromatic heterocycles. The van der Waals surface area contributed by atoms with Crippen molar-refractivity contribution in [2.24, 2.45) is 0 Å². The summed E-state index contributed by atoms with van der Waals surface area (Å²) in [6.07, 6.45) is 3.26. The number of rotatable bonds is 8. The molecule has 0 saturated heterocycles. The fourth-order valence-electron chi connectivity index (χ4n) is 3.03.